The molecule has 6 heteroatoms. The van der Waals surface area contributed by atoms with Crippen molar-refractivity contribution in [2.75, 3.05) is 13.1 Å². The number of carbonyl (C=O) groups excluding carboxylic acids is 2. The Bertz CT molecular complexity index is 456. The van der Waals surface area contributed by atoms with Gasteiger partial charge in [0, 0.05) is 6.54 Å². The van der Waals surface area contributed by atoms with Gasteiger partial charge in [0.25, 0.3) is 5.91 Å². The van der Waals surface area contributed by atoms with E-state index in [4.69, 9.17) is 4.42 Å². The molecule has 20 heavy (non-hydrogen) atoms. The zero-order valence-electron chi connectivity index (χ0n) is 12.1. The molecule has 1 aromatic heterocycles. The van der Waals surface area contributed by atoms with Crippen LogP contribution in [0.25, 0.3) is 0 Å². The lowest BCUT2D eigenvalue weighted by molar-refractivity contribution is -0.120. The standard InChI is InChI=1S/C14H22N2O4/c1-4-9(2)12(17)7-15-13(18)8-16-14(19)11-5-6-20-10(11)3/h5-6,9,12,17H,4,7-8H2,1-3H3,(H,15,18)(H,16,19). The highest BCUT2D eigenvalue weighted by atomic mass is 16.3. The molecule has 0 radical (unpaired) electrons. The highest BCUT2D eigenvalue weighted by molar-refractivity contribution is 5.97. The number of hydrogen-bond donors (Lipinski definition) is 3. The summed E-state index contributed by atoms with van der Waals surface area (Å²) in [5, 5.41) is 14.8. The van der Waals surface area contributed by atoms with Gasteiger partial charge in [-0.15, -0.1) is 0 Å². The quantitative estimate of drug-likeness (QED) is 0.691. The summed E-state index contributed by atoms with van der Waals surface area (Å²) in [6, 6.07) is 1.55. The molecule has 3 N–H and O–H groups in total. The average Bonchev–Trinajstić information content (AvgIpc) is 2.87. The highest BCUT2D eigenvalue weighted by Crippen LogP contribution is 2.08. The normalized spacial score (nSPS) is 13.6. The summed E-state index contributed by atoms with van der Waals surface area (Å²) in [5.41, 5.74) is 0.414. The van der Waals surface area contributed by atoms with Crippen LogP contribution in [0, 0.1) is 12.8 Å². The number of aryl methyl sites for hydroxylation is 1. The van der Waals surface area contributed by atoms with Gasteiger partial charge in [-0.3, -0.25) is 9.59 Å². The van der Waals surface area contributed by atoms with Gasteiger partial charge in [0.1, 0.15) is 5.76 Å². The average molecular weight is 282 g/mol. The summed E-state index contributed by atoms with van der Waals surface area (Å²) in [7, 11) is 0. The molecule has 2 atom stereocenters. The number of amides is 2. The van der Waals surface area contributed by atoms with Crippen molar-refractivity contribution < 1.29 is 19.1 Å². The first kappa shape index (κ1) is 16.2. The smallest absolute Gasteiger partial charge is 0.255 e. The first-order valence-electron chi connectivity index (χ1n) is 6.72. The molecule has 6 nitrogen and oxygen atoms in total. The van der Waals surface area contributed by atoms with Gasteiger partial charge in [-0.25, -0.2) is 0 Å². The van der Waals surface area contributed by atoms with Crippen LogP contribution in [0.15, 0.2) is 16.7 Å². The summed E-state index contributed by atoms with van der Waals surface area (Å²) in [4.78, 5) is 23.3. The minimum absolute atomic E-state index is 0.124. The van der Waals surface area contributed by atoms with Gasteiger partial charge in [0.15, 0.2) is 0 Å². The zero-order chi connectivity index (χ0) is 15.1. The second-order valence-electron chi connectivity index (χ2n) is 4.83. The molecule has 0 saturated heterocycles. The SMILES string of the molecule is CCC(C)C(O)CNC(=O)CNC(=O)c1ccoc1C. The van der Waals surface area contributed by atoms with Crippen LogP contribution in [-0.2, 0) is 4.79 Å². The molecule has 0 aliphatic heterocycles. The van der Waals surface area contributed by atoms with Gasteiger partial charge in [0.2, 0.25) is 5.91 Å². The van der Waals surface area contributed by atoms with Crippen LogP contribution in [-0.4, -0.2) is 36.1 Å². The van der Waals surface area contributed by atoms with E-state index in [9.17, 15) is 14.7 Å². The monoisotopic (exact) mass is 282 g/mol. The van der Waals surface area contributed by atoms with Gasteiger partial charge in [0.05, 0.1) is 24.5 Å². The summed E-state index contributed by atoms with van der Waals surface area (Å²) in [6.07, 6.45) is 1.69. The van der Waals surface area contributed by atoms with Crippen molar-refractivity contribution in [1.82, 2.24) is 10.6 Å². The maximum Gasteiger partial charge on any atom is 0.255 e. The molecule has 0 aliphatic carbocycles. The fourth-order valence-electron chi connectivity index (χ4n) is 1.63. The van der Waals surface area contributed by atoms with E-state index in [1.165, 1.54) is 6.26 Å². The van der Waals surface area contributed by atoms with Crippen molar-refractivity contribution in [2.24, 2.45) is 5.92 Å². The van der Waals surface area contributed by atoms with E-state index in [-0.39, 0.29) is 30.8 Å². The topological polar surface area (TPSA) is 91.6 Å². The molecule has 2 unspecified atom stereocenters. The summed E-state index contributed by atoms with van der Waals surface area (Å²) < 4.78 is 5.02. The lowest BCUT2D eigenvalue weighted by Crippen LogP contribution is -2.41. The predicted octanol–water partition coefficient (Wildman–Crippen LogP) is 0.841. The fraction of sp³-hybridized carbons (Fsp3) is 0.571. The number of carbonyl (C=O) groups is 2. The van der Waals surface area contributed by atoms with Crippen molar-refractivity contribution in [2.45, 2.75) is 33.3 Å². The predicted molar refractivity (Wildman–Crippen MR) is 74.2 cm³/mol. The summed E-state index contributed by atoms with van der Waals surface area (Å²) in [6.45, 7) is 5.63. The molecule has 2 amide bonds. The van der Waals surface area contributed by atoms with Crippen molar-refractivity contribution >= 4 is 11.8 Å². The molecule has 112 valence electrons. The largest absolute Gasteiger partial charge is 0.469 e. The van der Waals surface area contributed by atoms with Crippen molar-refractivity contribution in [3.63, 3.8) is 0 Å². The van der Waals surface area contributed by atoms with E-state index in [0.29, 0.717) is 11.3 Å². The Morgan fingerprint density at radius 1 is 1.40 bits per heavy atom. The molecule has 1 heterocycles. The van der Waals surface area contributed by atoms with Crippen LogP contribution in [0.2, 0.25) is 0 Å². The number of aliphatic hydroxyl groups is 1. The zero-order valence-corrected chi connectivity index (χ0v) is 12.1. The number of rotatable bonds is 7. The Kier molecular flexibility index (Phi) is 6.24. The number of aliphatic hydroxyl groups excluding tert-OH is 1. The van der Waals surface area contributed by atoms with E-state index in [2.05, 4.69) is 10.6 Å². The Morgan fingerprint density at radius 3 is 2.65 bits per heavy atom. The minimum atomic E-state index is -0.573. The first-order valence-corrected chi connectivity index (χ1v) is 6.72. The third-order valence-corrected chi connectivity index (χ3v) is 3.32. The van der Waals surface area contributed by atoms with Gasteiger partial charge in [-0.1, -0.05) is 20.3 Å². The van der Waals surface area contributed by atoms with Crippen LogP contribution >= 0.6 is 0 Å². The molecule has 0 fully saturated rings. The van der Waals surface area contributed by atoms with E-state index < -0.39 is 6.10 Å². The molecule has 1 rings (SSSR count). The molecular formula is C14H22N2O4. The highest BCUT2D eigenvalue weighted by Gasteiger charge is 2.15. The molecule has 0 saturated carbocycles. The van der Waals surface area contributed by atoms with Gasteiger partial charge in [-0.2, -0.15) is 0 Å². The molecule has 0 aliphatic rings. The maximum atomic E-state index is 11.7. The van der Waals surface area contributed by atoms with Crippen molar-refractivity contribution in [3.05, 3.63) is 23.7 Å². The Morgan fingerprint density at radius 2 is 2.10 bits per heavy atom. The minimum Gasteiger partial charge on any atom is -0.469 e. The third kappa shape index (κ3) is 4.70. The Balaban J connectivity index is 2.30. The van der Waals surface area contributed by atoms with Crippen LogP contribution in [0.4, 0.5) is 0 Å². The number of nitrogens with one attached hydrogen (secondary N) is 2. The van der Waals surface area contributed by atoms with Gasteiger partial charge >= 0.3 is 0 Å². The second-order valence-corrected chi connectivity index (χ2v) is 4.83. The van der Waals surface area contributed by atoms with Gasteiger partial charge < -0.3 is 20.2 Å². The second kappa shape index (κ2) is 7.69. The molecule has 0 aromatic carbocycles. The lowest BCUT2D eigenvalue weighted by atomic mass is 10.0. The Hall–Kier alpha value is -1.82. The van der Waals surface area contributed by atoms with Crippen molar-refractivity contribution in [1.29, 1.82) is 0 Å². The van der Waals surface area contributed by atoms with Crippen molar-refractivity contribution in [3.8, 4) is 0 Å². The van der Waals surface area contributed by atoms with E-state index in [0.717, 1.165) is 6.42 Å². The molecule has 0 bridgehead atoms. The third-order valence-electron chi connectivity index (χ3n) is 3.32. The Labute approximate surface area is 118 Å². The van der Waals surface area contributed by atoms with Crippen LogP contribution in [0.3, 0.4) is 0 Å². The van der Waals surface area contributed by atoms with Crippen LogP contribution in [0.5, 0.6) is 0 Å². The van der Waals surface area contributed by atoms with E-state index in [1.54, 1.807) is 13.0 Å². The van der Waals surface area contributed by atoms with Crippen LogP contribution in [0.1, 0.15) is 36.4 Å². The van der Waals surface area contributed by atoms with E-state index >= 15 is 0 Å². The maximum absolute atomic E-state index is 11.7. The van der Waals surface area contributed by atoms with Gasteiger partial charge in [-0.05, 0) is 18.9 Å². The molecule has 0 spiro atoms. The number of furan rings is 1. The summed E-state index contributed by atoms with van der Waals surface area (Å²) >= 11 is 0. The molecular weight excluding hydrogens is 260 g/mol. The first-order chi connectivity index (χ1) is 9.45. The number of hydrogen-bond acceptors (Lipinski definition) is 4. The summed E-state index contributed by atoms with van der Waals surface area (Å²) in [5.74, 6) is -0.0516. The lowest BCUT2D eigenvalue weighted by Gasteiger charge is -2.17. The fourth-order valence-corrected chi connectivity index (χ4v) is 1.63. The van der Waals surface area contributed by atoms with Crippen LogP contribution < -0.4 is 10.6 Å². The molecule has 1 aromatic rings. The van der Waals surface area contributed by atoms with E-state index in [1.807, 2.05) is 13.8 Å².